The number of nitrogens with zero attached hydrogens (tertiary/aromatic N) is 3. The van der Waals surface area contributed by atoms with Gasteiger partial charge >= 0.3 is 12.9 Å². The standard InChI is InChI=1S/C41H32BF2N3O3S3/c1-45(2)32-17-15-31(16-18-32)41(49)53-26-23-50-40(48)30-13-9-28(10-14-30)27-7-11-29(12-8-27)39-35-21-19-33(37-5-3-24-51-37)46(35)42(43,44)47-34(20-22-36(39)47)38-6-4-25-52-38/h3-22,24-25H,23,26H2,1-2H3. The highest BCUT2D eigenvalue weighted by molar-refractivity contribution is 8.14. The molecule has 0 N–H and O–H groups in total. The van der Waals surface area contributed by atoms with E-state index in [9.17, 15) is 9.59 Å². The molecule has 53 heavy (non-hydrogen) atoms. The van der Waals surface area contributed by atoms with E-state index < -0.39 is 12.9 Å². The van der Waals surface area contributed by atoms with Crippen molar-refractivity contribution in [1.29, 1.82) is 0 Å². The second kappa shape index (κ2) is 14.3. The molecule has 0 bridgehead atoms. The molecule has 2 aliphatic rings. The number of esters is 1. The third kappa shape index (κ3) is 6.51. The van der Waals surface area contributed by atoms with Gasteiger partial charge in [0.1, 0.15) is 6.61 Å². The van der Waals surface area contributed by atoms with Crippen LogP contribution in [0, 0.1) is 0 Å². The highest BCUT2D eigenvalue weighted by Gasteiger charge is 2.55. The molecule has 0 saturated heterocycles. The van der Waals surface area contributed by atoms with E-state index in [2.05, 4.69) is 0 Å². The first-order chi connectivity index (χ1) is 25.7. The summed E-state index contributed by atoms with van der Waals surface area (Å²) in [5.74, 6) is -0.111. The first kappa shape index (κ1) is 34.8. The van der Waals surface area contributed by atoms with Gasteiger partial charge in [0.15, 0.2) is 11.4 Å². The molecule has 6 aromatic rings. The van der Waals surface area contributed by atoms with Crippen molar-refractivity contribution in [3.05, 3.63) is 165 Å². The predicted octanol–water partition coefficient (Wildman–Crippen LogP) is 9.81. The Morgan fingerprint density at radius 1 is 0.755 bits per heavy atom. The number of halogens is 2. The van der Waals surface area contributed by atoms with Crippen LogP contribution >= 0.6 is 34.4 Å². The Balaban J connectivity index is 0.996. The molecule has 0 amide bonds. The fraction of sp³-hybridized carbons (Fsp3) is 0.0976. The van der Waals surface area contributed by atoms with Gasteiger partial charge in [0.25, 0.3) is 0 Å². The van der Waals surface area contributed by atoms with Gasteiger partial charge in [-0.2, -0.15) is 0 Å². The fourth-order valence-corrected chi connectivity index (χ4v) is 8.88. The molecule has 264 valence electrons. The van der Waals surface area contributed by atoms with Crippen LogP contribution in [0.5, 0.6) is 0 Å². The summed E-state index contributed by atoms with van der Waals surface area (Å²) in [5, 5.41) is 3.73. The maximum Gasteiger partial charge on any atom is 0.737 e. The molecule has 0 radical (unpaired) electrons. The molecule has 0 fully saturated rings. The molecule has 0 atom stereocenters. The average Bonchev–Trinajstić information content (AvgIpc) is 4.01. The third-order valence-electron chi connectivity index (χ3n) is 9.31. The van der Waals surface area contributed by atoms with Crippen molar-refractivity contribution in [3.8, 4) is 21.7 Å². The number of benzene rings is 3. The minimum absolute atomic E-state index is 0.0726. The number of anilines is 1. The van der Waals surface area contributed by atoms with Crippen LogP contribution in [-0.2, 0) is 4.74 Å². The van der Waals surface area contributed by atoms with Crippen LogP contribution in [0.3, 0.4) is 0 Å². The number of carbonyl (C=O) groups is 2. The smallest absolute Gasteiger partial charge is 0.461 e. The summed E-state index contributed by atoms with van der Waals surface area (Å²) in [4.78, 5) is 28.8. The van der Waals surface area contributed by atoms with Crippen LogP contribution < -0.4 is 4.90 Å². The summed E-state index contributed by atoms with van der Waals surface area (Å²) in [6.07, 6.45) is 3.59. The molecule has 8 rings (SSSR count). The number of allylic oxidation sites excluding steroid dienone is 2. The minimum atomic E-state index is -4.20. The molecular weight excluding hydrogens is 727 g/mol. The number of carbonyl (C=O) groups excluding carboxylic acids is 2. The molecule has 0 spiro atoms. The molecule has 3 aromatic carbocycles. The average molecular weight is 760 g/mol. The van der Waals surface area contributed by atoms with Crippen molar-refractivity contribution in [2.24, 2.45) is 0 Å². The topological polar surface area (TPSA) is 54.5 Å². The van der Waals surface area contributed by atoms with Crippen molar-refractivity contribution in [2.75, 3.05) is 31.4 Å². The van der Waals surface area contributed by atoms with Gasteiger partial charge in [-0.1, -0.05) is 60.3 Å². The molecule has 3 aromatic heterocycles. The summed E-state index contributed by atoms with van der Waals surface area (Å²) in [7, 11) is 3.88. The van der Waals surface area contributed by atoms with Crippen LogP contribution in [0.1, 0.15) is 36.9 Å². The first-order valence-electron chi connectivity index (χ1n) is 16.9. The summed E-state index contributed by atoms with van der Waals surface area (Å²) >= 11 is 4.00. The largest absolute Gasteiger partial charge is 0.737 e. The molecule has 0 aliphatic carbocycles. The monoisotopic (exact) mass is 759 g/mol. The van der Waals surface area contributed by atoms with Crippen molar-refractivity contribution >= 4 is 69.5 Å². The van der Waals surface area contributed by atoms with E-state index in [4.69, 9.17) is 4.74 Å². The van der Waals surface area contributed by atoms with E-state index in [0.717, 1.165) is 49.5 Å². The molecule has 0 unspecified atom stereocenters. The highest BCUT2D eigenvalue weighted by atomic mass is 32.2. The van der Waals surface area contributed by atoms with Crippen molar-refractivity contribution in [2.45, 2.75) is 0 Å². The Hall–Kier alpha value is -5.30. The van der Waals surface area contributed by atoms with Gasteiger partial charge in [-0.25, -0.2) is 4.79 Å². The molecule has 0 saturated carbocycles. The molecule has 2 aliphatic heterocycles. The second-order valence-corrected chi connectivity index (χ2v) is 15.7. The lowest BCUT2D eigenvalue weighted by atomic mass is 9.85. The quantitative estimate of drug-likeness (QED) is 0.0791. The SMILES string of the molecule is CN(C)c1ccc(C(=O)SCCOC(=O)c2ccc(-c3ccc(C4=C5C=CC(c6cccs6)=[N+]5[B-](F)(F)n5c4ccc5-c4cccs4)cc3)cc2)cc1. The van der Waals surface area contributed by atoms with E-state index in [1.54, 1.807) is 48.6 Å². The minimum Gasteiger partial charge on any atom is -0.461 e. The Morgan fingerprint density at radius 2 is 1.36 bits per heavy atom. The Morgan fingerprint density at radius 3 is 2.00 bits per heavy atom. The zero-order chi connectivity index (χ0) is 36.7. The molecule has 6 nitrogen and oxygen atoms in total. The number of thioether (sulfide) groups is 1. The first-order valence-corrected chi connectivity index (χ1v) is 19.7. The molecular formula is C41H32BF2N3O3S3. The van der Waals surface area contributed by atoms with E-state index in [1.165, 1.54) is 31.6 Å². The lowest BCUT2D eigenvalue weighted by molar-refractivity contribution is -0.360. The Bertz CT molecular complexity index is 2410. The van der Waals surface area contributed by atoms with Gasteiger partial charge in [-0.05, 0) is 88.1 Å². The van der Waals surface area contributed by atoms with Crippen LogP contribution in [0.25, 0.3) is 27.3 Å². The van der Waals surface area contributed by atoms with Gasteiger partial charge in [0, 0.05) is 59.5 Å². The summed E-state index contributed by atoms with van der Waals surface area (Å²) in [6, 6.07) is 33.5. The number of aromatic nitrogens is 1. The highest BCUT2D eigenvalue weighted by Crippen LogP contribution is 2.44. The Labute approximate surface area is 318 Å². The van der Waals surface area contributed by atoms with E-state index in [1.807, 2.05) is 103 Å². The maximum absolute atomic E-state index is 16.8. The Kier molecular flexibility index (Phi) is 9.36. The zero-order valence-corrected chi connectivity index (χ0v) is 31.2. The van der Waals surface area contributed by atoms with E-state index in [0.29, 0.717) is 39.7 Å². The number of fused-ring (bicyclic) bond motifs is 2. The van der Waals surface area contributed by atoms with E-state index >= 15 is 8.63 Å². The van der Waals surface area contributed by atoms with Crippen LogP contribution in [-0.4, -0.2) is 59.2 Å². The number of hydrogen-bond donors (Lipinski definition) is 0. The molecule has 12 heteroatoms. The zero-order valence-electron chi connectivity index (χ0n) is 28.7. The van der Waals surface area contributed by atoms with Crippen LogP contribution in [0.15, 0.2) is 138 Å². The normalized spacial score (nSPS) is 14.3. The lowest BCUT2D eigenvalue weighted by Gasteiger charge is -2.33. The number of rotatable bonds is 10. The summed E-state index contributed by atoms with van der Waals surface area (Å²) in [5.41, 5.74) is 7.30. The fourth-order valence-electron chi connectivity index (χ4n) is 6.73. The third-order valence-corrected chi connectivity index (χ3v) is 12.0. The molecule has 5 heterocycles. The van der Waals surface area contributed by atoms with Gasteiger partial charge in [0.2, 0.25) is 5.12 Å². The summed E-state index contributed by atoms with van der Waals surface area (Å²) < 4.78 is 41.4. The van der Waals surface area contributed by atoms with Crippen LogP contribution in [0.4, 0.5) is 14.3 Å². The lowest BCUT2D eigenvalue weighted by Crippen LogP contribution is -2.51. The number of hydrogen-bond acceptors (Lipinski definition) is 7. The summed E-state index contributed by atoms with van der Waals surface area (Å²) in [6.45, 7) is -4.10. The van der Waals surface area contributed by atoms with Gasteiger partial charge in [-0.3, -0.25) is 4.79 Å². The van der Waals surface area contributed by atoms with Gasteiger partial charge < -0.3 is 27.2 Å². The van der Waals surface area contributed by atoms with Gasteiger partial charge in [0.05, 0.1) is 16.0 Å². The van der Waals surface area contributed by atoms with Crippen LogP contribution in [0.2, 0.25) is 0 Å². The van der Waals surface area contributed by atoms with Gasteiger partial charge in [-0.15, -0.1) is 22.7 Å². The van der Waals surface area contributed by atoms with Crippen molar-refractivity contribution < 1.29 is 27.4 Å². The maximum atomic E-state index is 16.8. The number of thiophene rings is 2. The second-order valence-electron chi connectivity index (χ2n) is 12.7. The predicted molar refractivity (Wildman–Crippen MR) is 215 cm³/mol. The van der Waals surface area contributed by atoms with Crippen molar-refractivity contribution in [3.63, 3.8) is 0 Å². The van der Waals surface area contributed by atoms with Crippen molar-refractivity contribution in [1.82, 2.24) is 4.48 Å². The van der Waals surface area contributed by atoms with E-state index in [-0.39, 0.29) is 11.7 Å². The number of ether oxygens (including phenoxy) is 1.